The van der Waals surface area contributed by atoms with Gasteiger partial charge in [0.25, 0.3) is 0 Å². The number of nitrogens with one attached hydrogen (secondary N) is 1. The predicted molar refractivity (Wildman–Crippen MR) is 119 cm³/mol. The fourth-order valence-corrected chi connectivity index (χ4v) is 6.48. The van der Waals surface area contributed by atoms with Crippen molar-refractivity contribution in [2.45, 2.75) is 43.4 Å². The molecule has 0 radical (unpaired) electrons. The minimum absolute atomic E-state index is 0.0359. The molecule has 1 saturated heterocycles. The highest BCUT2D eigenvalue weighted by Crippen LogP contribution is 2.30. The number of sulfonamides is 1. The largest absolute Gasteiger partial charge is 0.325 e. The number of rotatable bonds is 5. The SMILES string of the molecule is CSc1ccccc1NC(=O)C1CCN(S(=O)(=O)c2c(C)cc(C)cc2C)CC1. The second-order valence-electron chi connectivity index (χ2n) is 7.60. The molecule has 0 aliphatic carbocycles. The molecule has 0 atom stereocenters. The third kappa shape index (κ3) is 4.68. The number of amides is 1. The van der Waals surface area contributed by atoms with Crippen LogP contribution in [-0.4, -0.2) is 38.0 Å². The van der Waals surface area contributed by atoms with Crippen LogP contribution < -0.4 is 5.32 Å². The van der Waals surface area contributed by atoms with Crippen molar-refractivity contribution in [1.29, 1.82) is 0 Å². The van der Waals surface area contributed by atoms with E-state index >= 15 is 0 Å². The van der Waals surface area contributed by atoms with E-state index in [9.17, 15) is 13.2 Å². The lowest BCUT2D eigenvalue weighted by molar-refractivity contribution is -0.120. The molecule has 1 amide bonds. The van der Waals surface area contributed by atoms with E-state index in [-0.39, 0.29) is 11.8 Å². The summed E-state index contributed by atoms with van der Waals surface area (Å²) in [7, 11) is -3.56. The molecule has 3 rings (SSSR count). The van der Waals surface area contributed by atoms with Gasteiger partial charge in [0.05, 0.1) is 10.6 Å². The van der Waals surface area contributed by atoms with Crippen LogP contribution in [0.4, 0.5) is 5.69 Å². The van der Waals surface area contributed by atoms with Crippen LogP contribution in [0.2, 0.25) is 0 Å². The molecule has 1 fully saturated rings. The molecule has 0 aromatic heterocycles. The molecule has 7 heteroatoms. The third-order valence-electron chi connectivity index (χ3n) is 5.39. The summed E-state index contributed by atoms with van der Waals surface area (Å²) < 4.78 is 28.0. The standard InChI is InChI=1S/C22H28N2O3S2/c1-15-13-16(2)21(17(3)14-15)29(26,27)24-11-9-18(10-12-24)22(25)23-19-7-5-6-8-20(19)28-4/h5-8,13-14,18H,9-12H2,1-4H3,(H,23,25). The van der Waals surface area contributed by atoms with Crippen molar-refractivity contribution < 1.29 is 13.2 Å². The molecule has 0 unspecified atom stereocenters. The van der Waals surface area contributed by atoms with E-state index in [1.54, 1.807) is 11.8 Å². The van der Waals surface area contributed by atoms with E-state index in [0.717, 1.165) is 27.3 Å². The Morgan fingerprint density at radius 2 is 1.66 bits per heavy atom. The van der Waals surface area contributed by atoms with Crippen LogP contribution in [0.25, 0.3) is 0 Å². The van der Waals surface area contributed by atoms with Gasteiger partial charge in [0.1, 0.15) is 0 Å². The number of para-hydroxylation sites is 1. The number of carbonyl (C=O) groups excluding carboxylic acids is 1. The van der Waals surface area contributed by atoms with Crippen LogP contribution in [0, 0.1) is 26.7 Å². The Hall–Kier alpha value is -1.83. The quantitative estimate of drug-likeness (QED) is 0.713. The highest BCUT2D eigenvalue weighted by atomic mass is 32.2. The van der Waals surface area contributed by atoms with Gasteiger partial charge in [-0.05, 0) is 63.1 Å². The Balaban J connectivity index is 1.69. The molecule has 29 heavy (non-hydrogen) atoms. The van der Waals surface area contributed by atoms with Gasteiger partial charge in [-0.25, -0.2) is 8.42 Å². The minimum atomic E-state index is -3.56. The molecule has 2 aromatic rings. The zero-order chi connectivity index (χ0) is 21.2. The van der Waals surface area contributed by atoms with Gasteiger partial charge >= 0.3 is 0 Å². The van der Waals surface area contributed by atoms with E-state index in [4.69, 9.17) is 0 Å². The Morgan fingerprint density at radius 1 is 1.07 bits per heavy atom. The van der Waals surface area contributed by atoms with Gasteiger partial charge in [0.15, 0.2) is 0 Å². The van der Waals surface area contributed by atoms with Gasteiger partial charge in [0.2, 0.25) is 15.9 Å². The van der Waals surface area contributed by atoms with Crippen molar-refractivity contribution in [2.75, 3.05) is 24.7 Å². The summed E-state index contributed by atoms with van der Waals surface area (Å²) in [4.78, 5) is 14.1. The maximum absolute atomic E-state index is 13.2. The van der Waals surface area contributed by atoms with E-state index < -0.39 is 10.0 Å². The number of aryl methyl sites for hydroxylation is 3. The summed E-state index contributed by atoms with van der Waals surface area (Å²) in [6.07, 6.45) is 3.02. The smallest absolute Gasteiger partial charge is 0.243 e. The number of benzene rings is 2. The van der Waals surface area contributed by atoms with E-state index in [0.29, 0.717) is 30.8 Å². The van der Waals surface area contributed by atoms with Gasteiger partial charge in [-0.3, -0.25) is 4.79 Å². The molecule has 1 aliphatic rings. The summed E-state index contributed by atoms with van der Waals surface area (Å²) in [5.74, 6) is -0.220. The number of anilines is 1. The average Bonchev–Trinajstić information content (AvgIpc) is 2.67. The molecule has 2 aromatic carbocycles. The van der Waals surface area contributed by atoms with Gasteiger partial charge in [-0.2, -0.15) is 4.31 Å². The summed E-state index contributed by atoms with van der Waals surface area (Å²) >= 11 is 1.59. The molecule has 0 bridgehead atoms. The van der Waals surface area contributed by atoms with Crippen LogP contribution in [0.1, 0.15) is 29.5 Å². The summed E-state index contributed by atoms with van der Waals surface area (Å²) in [5.41, 5.74) is 3.41. The van der Waals surface area contributed by atoms with Crippen LogP contribution >= 0.6 is 11.8 Å². The van der Waals surface area contributed by atoms with E-state index in [2.05, 4.69) is 5.32 Å². The van der Waals surface area contributed by atoms with Crippen LogP contribution in [0.15, 0.2) is 46.2 Å². The molecular weight excluding hydrogens is 404 g/mol. The average molecular weight is 433 g/mol. The van der Waals surface area contributed by atoms with Crippen LogP contribution in [0.3, 0.4) is 0 Å². The van der Waals surface area contributed by atoms with E-state index in [1.807, 2.05) is 63.4 Å². The van der Waals surface area contributed by atoms with Crippen LogP contribution in [0.5, 0.6) is 0 Å². The maximum Gasteiger partial charge on any atom is 0.243 e. The maximum atomic E-state index is 13.2. The number of hydrogen-bond acceptors (Lipinski definition) is 4. The summed E-state index contributed by atoms with van der Waals surface area (Å²) in [6.45, 7) is 6.37. The van der Waals surface area contributed by atoms with Gasteiger partial charge in [0, 0.05) is 23.9 Å². The Labute approximate surface area is 177 Å². The summed E-state index contributed by atoms with van der Waals surface area (Å²) in [5, 5.41) is 3.01. The first-order valence-corrected chi connectivity index (χ1v) is 12.4. The molecule has 5 nitrogen and oxygen atoms in total. The Kier molecular flexibility index (Phi) is 6.71. The molecule has 1 aliphatic heterocycles. The number of thioether (sulfide) groups is 1. The molecule has 0 saturated carbocycles. The van der Waals surface area contributed by atoms with Gasteiger partial charge in [-0.15, -0.1) is 11.8 Å². The van der Waals surface area contributed by atoms with E-state index in [1.165, 1.54) is 4.31 Å². The zero-order valence-corrected chi connectivity index (χ0v) is 19.0. The predicted octanol–water partition coefficient (Wildman–Crippen LogP) is 4.37. The van der Waals surface area contributed by atoms with Crippen LogP contribution in [-0.2, 0) is 14.8 Å². The lowest BCUT2D eigenvalue weighted by Crippen LogP contribution is -2.41. The number of hydrogen-bond donors (Lipinski definition) is 1. The van der Waals surface area contributed by atoms with Gasteiger partial charge in [-0.1, -0.05) is 29.8 Å². The van der Waals surface area contributed by atoms with Crippen molar-refractivity contribution in [2.24, 2.45) is 5.92 Å². The first-order valence-electron chi connectivity index (χ1n) is 9.76. The number of nitrogens with zero attached hydrogens (tertiary/aromatic N) is 1. The molecule has 1 heterocycles. The fourth-order valence-electron chi connectivity index (χ4n) is 4.04. The lowest BCUT2D eigenvalue weighted by Gasteiger charge is -2.31. The fraction of sp³-hybridized carbons (Fsp3) is 0.409. The van der Waals surface area contributed by atoms with Crippen molar-refractivity contribution in [3.8, 4) is 0 Å². The normalized spacial score (nSPS) is 16.0. The topological polar surface area (TPSA) is 66.5 Å². The van der Waals surface area contributed by atoms with Gasteiger partial charge < -0.3 is 5.32 Å². The first kappa shape index (κ1) is 21.9. The minimum Gasteiger partial charge on any atom is -0.325 e. The highest BCUT2D eigenvalue weighted by molar-refractivity contribution is 7.98. The third-order valence-corrected chi connectivity index (χ3v) is 8.39. The number of carbonyl (C=O) groups is 1. The second-order valence-corrected chi connectivity index (χ2v) is 10.3. The Bertz CT molecular complexity index is 987. The molecule has 0 spiro atoms. The highest BCUT2D eigenvalue weighted by Gasteiger charge is 2.33. The molecular formula is C22H28N2O3S2. The molecule has 1 N–H and O–H groups in total. The second kappa shape index (κ2) is 8.90. The zero-order valence-electron chi connectivity index (χ0n) is 17.4. The van der Waals surface area contributed by atoms with Crippen molar-refractivity contribution >= 4 is 33.4 Å². The number of piperidine rings is 1. The monoisotopic (exact) mass is 432 g/mol. The molecule has 156 valence electrons. The lowest BCUT2D eigenvalue weighted by atomic mass is 9.97. The first-order chi connectivity index (χ1) is 13.7. The van der Waals surface area contributed by atoms with Crippen molar-refractivity contribution in [3.63, 3.8) is 0 Å². The van der Waals surface area contributed by atoms with Crippen molar-refractivity contribution in [3.05, 3.63) is 53.1 Å². The van der Waals surface area contributed by atoms with Crippen molar-refractivity contribution in [1.82, 2.24) is 4.31 Å². The Morgan fingerprint density at radius 3 is 2.24 bits per heavy atom. The summed E-state index contributed by atoms with van der Waals surface area (Å²) in [6, 6.07) is 11.5.